The standard InChI is InChI=1S/C20H19N3O3/c1-13-22-17(15-4-6-16(24-2)7-5-15)10-20(23-13)21-11-14-3-8-18-19(9-14)26-12-25-18/h3-10H,11-12H2,1-2H3,(H,21,22,23). The van der Waals surface area contributed by atoms with Gasteiger partial charge in [-0.1, -0.05) is 6.07 Å². The van der Waals surface area contributed by atoms with E-state index >= 15 is 0 Å². The SMILES string of the molecule is COc1ccc(-c2cc(NCc3ccc4c(c3)OCO4)nc(C)n2)cc1. The van der Waals surface area contributed by atoms with Crippen LogP contribution in [0, 0.1) is 6.92 Å². The molecule has 0 fully saturated rings. The van der Waals surface area contributed by atoms with Crippen molar-refractivity contribution in [2.24, 2.45) is 0 Å². The molecule has 1 aliphatic rings. The van der Waals surface area contributed by atoms with E-state index in [-0.39, 0.29) is 6.79 Å². The van der Waals surface area contributed by atoms with Gasteiger partial charge in [0.2, 0.25) is 6.79 Å². The molecule has 0 spiro atoms. The van der Waals surface area contributed by atoms with Crippen molar-refractivity contribution in [2.45, 2.75) is 13.5 Å². The fourth-order valence-corrected chi connectivity index (χ4v) is 2.81. The Kier molecular flexibility index (Phi) is 4.31. The third kappa shape index (κ3) is 3.39. The molecule has 0 saturated carbocycles. The van der Waals surface area contributed by atoms with Crippen molar-refractivity contribution in [1.29, 1.82) is 0 Å². The molecule has 1 N–H and O–H groups in total. The molecule has 132 valence electrons. The lowest BCUT2D eigenvalue weighted by molar-refractivity contribution is 0.174. The highest BCUT2D eigenvalue weighted by Gasteiger charge is 2.13. The van der Waals surface area contributed by atoms with E-state index in [0.717, 1.165) is 39.9 Å². The number of anilines is 1. The highest BCUT2D eigenvalue weighted by atomic mass is 16.7. The minimum absolute atomic E-state index is 0.280. The predicted molar refractivity (Wildman–Crippen MR) is 98.6 cm³/mol. The Balaban J connectivity index is 1.52. The van der Waals surface area contributed by atoms with Crippen LogP contribution < -0.4 is 19.5 Å². The van der Waals surface area contributed by atoms with Crippen molar-refractivity contribution in [2.75, 3.05) is 19.2 Å². The van der Waals surface area contributed by atoms with Gasteiger partial charge in [0.15, 0.2) is 11.5 Å². The maximum Gasteiger partial charge on any atom is 0.231 e. The van der Waals surface area contributed by atoms with Gasteiger partial charge in [-0.05, 0) is 48.9 Å². The molecule has 6 heteroatoms. The van der Waals surface area contributed by atoms with Crippen LogP contribution in [0.25, 0.3) is 11.3 Å². The third-order valence-electron chi connectivity index (χ3n) is 4.13. The van der Waals surface area contributed by atoms with Crippen LogP contribution in [0.2, 0.25) is 0 Å². The normalized spacial score (nSPS) is 12.1. The summed E-state index contributed by atoms with van der Waals surface area (Å²) in [5, 5.41) is 3.35. The number of ether oxygens (including phenoxy) is 3. The summed E-state index contributed by atoms with van der Waals surface area (Å²) in [4.78, 5) is 9.01. The second-order valence-electron chi connectivity index (χ2n) is 5.96. The van der Waals surface area contributed by atoms with E-state index in [9.17, 15) is 0 Å². The van der Waals surface area contributed by atoms with E-state index < -0.39 is 0 Å². The molecule has 0 bridgehead atoms. The first kappa shape index (κ1) is 16.2. The molecule has 4 rings (SSSR count). The van der Waals surface area contributed by atoms with Crippen LogP contribution in [0.15, 0.2) is 48.5 Å². The minimum atomic E-state index is 0.280. The van der Waals surface area contributed by atoms with Gasteiger partial charge in [-0.15, -0.1) is 0 Å². The fraction of sp³-hybridized carbons (Fsp3) is 0.200. The summed E-state index contributed by atoms with van der Waals surface area (Å²) >= 11 is 0. The quantitative estimate of drug-likeness (QED) is 0.756. The largest absolute Gasteiger partial charge is 0.497 e. The third-order valence-corrected chi connectivity index (χ3v) is 4.13. The number of rotatable bonds is 5. The summed E-state index contributed by atoms with van der Waals surface area (Å²) in [6.45, 7) is 2.80. The molecule has 0 saturated heterocycles. The van der Waals surface area contributed by atoms with Crippen molar-refractivity contribution >= 4 is 5.82 Å². The van der Waals surface area contributed by atoms with Crippen LogP contribution in [-0.4, -0.2) is 23.9 Å². The Morgan fingerprint density at radius 2 is 1.81 bits per heavy atom. The summed E-state index contributed by atoms with van der Waals surface area (Å²) in [6.07, 6.45) is 0. The zero-order chi connectivity index (χ0) is 17.9. The van der Waals surface area contributed by atoms with Crippen LogP contribution in [0.3, 0.4) is 0 Å². The van der Waals surface area contributed by atoms with E-state index in [1.54, 1.807) is 7.11 Å². The summed E-state index contributed by atoms with van der Waals surface area (Å²) in [7, 11) is 1.65. The number of nitrogens with zero attached hydrogens (tertiary/aromatic N) is 2. The van der Waals surface area contributed by atoms with E-state index in [2.05, 4.69) is 15.3 Å². The van der Waals surface area contributed by atoms with Gasteiger partial charge in [-0.25, -0.2) is 9.97 Å². The molecule has 0 amide bonds. The Labute approximate surface area is 151 Å². The topological polar surface area (TPSA) is 65.5 Å². The van der Waals surface area contributed by atoms with Gasteiger partial charge < -0.3 is 19.5 Å². The Morgan fingerprint density at radius 1 is 1.00 bits per heavy atom. The monoisotopic (exact) mass is 349 g/mol. The van der Waals surface area contributed by atoms with E-state index in [1.807, 2.05) is 55.5 Å². The molecule has 0 unspecified atom stereocenters. The first-order valence-corrected chi connectivity index (χ1v) is 8.34. The van der Waals surface area contributed by atoms with Gasteiger partial charge in [0.05, 0.1) is 12.8 Å². The molecular weight excluding hydrogens is 330 g/mol. The van der Waals surface area contributed by atoms with Crippen molar-refractivity contribution < 1.29 is 14.2 Å². The zero-order valence-corrected chi connectivity index (χ0v) is 14.7. The first-order chi connectivity index (χ1) is 12.7. The number of fused-ring (bicyclic) bond motifs is 1. The fourth-order valence-electron chi connectivity index (χ4n) is 2.81. The lowest BCUT2D eigenvalue weighted by Crippen LogP contribution is -2.04. The van der Waals surface area contributed by atoms with Gasteiger partial charge in [0.25, 0.3) is 0 Å². The molecule has 2 aromatic carbocycles. The number of nitrogens with one attached hydrogen (secondary N) is 1. The Bertz CT molecular complexity index is 926. The van der Waals surface area contributed by atoms with Crippen molar-refractivity contribution in [1.82, 2.24) is 9.97 Å². The molecule has 0 aliphatic carbocycles. The number of hydrogen-bond acceptors (Lipinski definition) is 6. The van der Waals surface area contributed by atoms with Crippen molar-refractivity contribution in [3.05, 3.63) is 59.9 Å². The van der Waals surface area contributed by atoms with Crippen LogP contribution >= 0.6 is 0 Å². The molecule has 6 nitrogen and oxygen atoms in total. The highest BCUT2D eigenvalue weighted by Crippen LogP contribution is 2.32. The summed E-state index contributed by atoms with van der Waals surface area (Å²) in [6, 6.07) is 15.7. The molecule has 1 aromatic heterocycles. The van der Waals surface area contributed by atoms with Gasteiger partial charge in [-0.3, -0.25) is 0 Å². The summed E-state index contributed by atoms with van der Waals surface area (Å²) in [5.41, 5.74) is 2.98. The predicted octanol–water partition coefficient (Wildman–Crippen LogP) is 3.80. The number of aromatic nitrogens is 2. The Hall–Kier alpha value is -3.28. The highest BCUT2D eigenvalue weighted by molar-refractivity contribution is 5.63. The second-order valence-corrected chi connectivity index (χ2v) is 5.96. The molecule has 26 heavy (non-hydrogen) atoms. The average Bonchev–Trinajstić information content (AvgIpc) is 3.14. The number of aryl methyl sites for hydroxylation is 1. The number of benzene rings is 2. The molecule has 0 atom stereocenters. The second kappa shape index (κ2) is 6.92. The smallest absolute Gasteiger partial charge is 0.231 e. The van der Waals surface area contributed by atoms with Crippen LogP contribution in [0.5, 0.6) is 17.2 Å². The summed E-state index contributed by atoms with van der Waals surface area (Å²) in [5.74, 6) is 3.88. The molecule has 2 heterocycles. The van der Waals surface area contributed by atoms with Crippen LogP contribution in [0.4, 0.5) is 5.82 Å². The van der Waals surface area contributed by atoms with E-state index in [4.69, 9.17) is 14.2 Å². The van der Waals surface area contributed by atoms with Crippen molar-refractivity contribution in [3.63, 3.8) is 0 Å². The molecule has 3 aromatic rings. The van der Waals surface area contributed by atoms with Crippen molar-refractivity contribution in [3.8, 4) is 28.5 Å². The summed E-state index contributed by atoms with van der Waals surface area (Å²) < 4.78 is 16.0. The van der Waals surface area contributed by atoms with Gasteiger partial charge in [-0.2, -0.15) is 0 Å². The molecular formula is C20H19N3O3. The zero-order valence-electron chi connectivity index (χ0n) is 14.7. The Morgan fingerprint density at radius 3 is 2.62 bits per heavy atom. The van der Waals surface area contributed by atoms with E-state index in [0.29, 0.717) is 12.4 Å². The molecule has 1 aliphatic heterocycles. The van der Waals surface area contributed by atoms with Gasteiger partial charge >= 0.3 is 0 Å². The number of methoxy groups -OCH3 is 1. The van der Waals surface area contributed by atoms with Crippen LogP contribution in [-0.2, 0) is 6.54 Å². The van der Waals surface area contributed by atoms with Gasteiger partial charge in [0.1, 0.15) is 17.4 Å². The first-order valence-electron chi connectivity index (χ1n) is 8.34. The van der Waals surface area contributed by atoms with E-state index in [1.165, 1.54) is 0 Å². The maximum atomic E-state index is 5.42. The number of hydrogen-bond donors (Lipinski definition) is 1. The lowest BCUT2D eigenvalue weighted by atomic mass is 10.1. The van der Waals surface area contributed by atoms with Crippen LogP contribution in [0.1, 0.15) is 11.4 Å². The average molecular weight is 349 g/mol. The maximum absolute atomic E-state index is 5.42. The molecule has 0 radical (unpaired) electrons. The minimum Gasteiger partial charge on any atom is -0.497 e. The van der Waals surface area contributed by atoms with Gasteiger partial charge in [0, 0.05) is 18.2 Å². The lowest BCUT2D eigenvalue weighted by Gasteiger charge is -2.10.